The molecule has 0 bridgehead atoms. The number of nitrogens with zero attached hydrogens (tertiary/aromatic N) is 2. The third-order valence-corrected chi connectivity index (χ3v) is 5.22. The van der Waals surface area contributed by atoms with Crippen LogP contribution in [0.4, 0.5) is 0 Å². The van der Waals surface area contributed by atoms with Crippen molar-refractivity contribution in [3.63, 3.8) is 0 Å². The normalized spacial score (nSPS) is 11.0. The number of ether oxygens (including phenoxy) is 2. The molecule has 0 spiro atoms. The van der Waals surface area contributed by atoms with Crippen LogP contribution in [-0.4, -0.2) is 29.8 Å². The number of halogens is 1. The predicted octanol–water partition coefficient (Wildman–Crippen LogP) is 6.11. The lowest BCUT2D eigenvalue weighted by atomic mass is 10.1. The second-order valence-corrected chi connectivity index (χ2v) is 7.42. The van der Waals surface area contributed by atoms with Crippen LogP contribution in [0, 0.1) is 0 Å². The molecule has 0 aliphatic heterocycles. The smallest absolute Gasteiger partial charge is 0.185 e. The van der Waals surface area contributed by atoms with Crippen LogP contribution in [0.1, 0.15) is 15.9 Å². The first-order chi connectivity index (χ1) is 15.6. The van der Waals surface area contributed by atoms with Gasteiger partial charge in [-0.25, -0.2) is 4.68 Å². The molecule has 3 aromatic carbocycles. The zero-order valence-corrected chi connectivity index (χ0v) is 18.4. The SMILES string of the molecule is COc1ccc(-c2nn(-c3ccccc3)cc2/C=C/C(=O)c2ccc(Cl)cc2)cc1OC. The maximum absolute atomic E-state index is 12.6. The quantitative estimate of drug-likeness (QED) is 0.255. The van der Waals surface area contributed by atoms with Gasteiger partial charge in [0.15, 0.2) is 17.3 Å². The number of para-hydroxylation sites is 1. The van der Waals surface area contributed by atoms with Crippen molar-refractivity contribution in [1.29, 1.82) is 0 Å². The van der Waals surface area contributed by atoms with Crippen molar-refractivity contribution in [3.05, 3.63) is 101 Å². The van der Waals surface area contributed by atoms with Crippen LogP contribution < -0.4 is 9.47 Å². The highest BCUT2D eigenvalue weighted by atomic mass is 35.5. The van der Waals surface area contributed by atoms with Crippen molar-refractivity contribution in [2.24, 2.45) is 0 Å². The highest BCUT2D eigenvalue weighted by molar-refractivity contribution is 6.30. The van der Waals surface area contributed by atoms with Gasteiger partial charge in [0.2, 0.25) is 0 Å². The summed E-state index contributed by atoms with van der Waals surface area (Å²) in [6, 6.07) is 22.2. The Morgan fingerprint density at radius 1 is 0.938 bits per heavy atom. The molecular formula is C26H21ClN2O3. The molecule has 0 amide bonds. The minimum absolute atomic E-state index is 0.118. The molecule has 5 nitrogen and oxygen atoms in total. The Balaban J connectivity index is 1.76. The van der Waals surface area contributed by atoms with E-state index in [4.69, 9.17) is 26.2 Å². The molecule has 1 heterocycles. The van der Waals surface area contributed by atoms with Crippen LogP contribution in [0.3, 0.4) is 0 Å². The van der Waals surface area contributed by atoms with Crippen molar-refractivity contribution in [1.82, 2.24) is 9.78 Å². The Labute approximate surface area is 191 Å². The minimum Gasteiger partial charge on any atom is -0.493 e. The number of hydrogen-bond donors (Lipinski definition) is 0. The van der Waals surface area contributed by atoms with Gasteiger partial charge in [0.25, 0.3) is 0 Å². The maximum atomic E-state index is 12.6. The Morgan fingerprint density at radius 3 is 2.34 bits per heavy atom. The Morgan fingerprint density at radius 2 is 1.66 bits per heavy atom. The average molecular weight is 445 g/mol. The fraction of sp³-hybridized carbons (Fsp3) is 0.0769. The van der Waals surface area contributed by atoms with E-state index in [1.54, 1.807) is 55.3 Å². The summed E-state index contributed by atoms with van der Waals surface area (Å²) in [4.78, 5) is 12.6. The van der Waals surface area contributed by atoms with Gasteiger partial charge in [-0.15, -0.1) is 0 Å². The van der Waals surface area contributed by atoms with E-state index in [0.717, 1.165) is 22.5 Å². The first-order valence-electron chi connectivity index (χ1n) is 9.94. The summed E-state index contributed by atoms with van der Waals surface area (Å²) in [7, 11) is 3.19. The number of aromatic nitrogens is 2. The summed E-state index contributed by atoms with van der Waals surface area (Å²) in [5.74, 6) is 1.12. The largest absolute Gasteiger partial charge is 0.493 e. The number of hydrogen-bond acceptors (Lipinski definition) is 4. The standard InChI is InChI=1S/C26H21ClN2O3/c1-31-24-15-11-19(16-25(24)32-2)26-20(17-29(28-26)22-6-4-3-5-7-22)10-14-23(30)18-8-12-21(27)13-9-18/h3-17H,1-2H3/b14-10+. The second kappa shape index (κ2) is 9.54. The molecule has 0 fully saturated rings. The topological polar surface area (TPSA) is 53.4 Å². The average Bonchev–Trinajstić information content (AvgIpc) is 3.27. The first kappa shape index (κ1) is 21.4. The molecule has 0 aliphatic rings. The molecule has 160 valence electrons. The highest BCUT2D eigenvalue weighted by Crippen LogP contribution is 2.33. The second-order valence-electron chi connectivity index (χ2n) is 6.99. The molecule has 4 rings (SSSR count). The van der Waals surface area contributed by atoms with Crippen LogP contribution in [-0.2, 0) is 0 Å². The molecule has 32 heavy (non-hydrogen) atoms. The molecule has 0 unspecified atom stereocenters. The molecule has 0 N–H and O–H groups in total. The summed E-state index contributed by atoms with van der Waals surface area (Å²) in [5.41, 5.74) is 3.83. The summed E-state index contributed by atoms with van der Waals surface area (Å²) >= 11 is 5.93. The van der Waals surface area contributed by atoms with Gasteiger partial charge in [-0.1, -0.05) is 29.8 Å². The summed E-state index contributed by atoms with van der Waals surface area (Å²) in [5, 5.41) is 5.37. The van der Waals surface area contributed by atoms with Crippen molar-refractivity contribution in [3.8, 4) is 28.4 Å². The van der Waals surface area contributed by atoms with E-state index < -0.39 is 0 Å². The van der Waals surface area contributed by atoms with E-state index in [0.29, 0.717) is 22.1 Å². The fourth-order valence-corrected chi connectivity index (χ4v) is 3.43. The summed E-state index contributed by atoms with van der Waals surface area (Å²) < 4.78 is 12.6. The summed E-state index contributed by atoms with van der Waals surface area (Å²) in [6.45, 7) is 0. The molecule has 0 saturated heterocycles. The highest BCUT2D eigenvalue weighted by Gasteiger charge is 2.14. The Hall–Kier alpha value is -3.83. The van der Waals surface area contributed by atoms with Gasteiger partial charge < -0.3 is 9.47 Å². The van der Waals surface area contributed by atoms with Crippen LogP contribution in [0.5, 0.6) is 11.5 Å². The summed E-state index contributed by atoms with van der Waals surface area (Å²) in [6.07, 6.45) is 5.21. The van der Waals surface area contributed by atoms with Gasteiger partial charge in [-0.2, -0.15) is 5.10 Å². The lowest BCUT2D eigenvalue weighted by Gasteiger charge is -2.09. The minimum atomic E-state index is -0.118. The predicted molar refractivity (Wildman–Crippen MR) is 127 cm³/mol. The molecule has 6 heteroatoms. The molecule has 0 aliphatic carbocycles. The number of rotatable bonds is 7. The van der Waals surface area contributed by atoms with E-state index in [-0.39, 0.29) is 5.78 Å². The van der Waals surface area contributed by atoms with E-state index in [2.05, 4.69) is 0 Å². The lowest BCUT2D eigenvalue weighted by Crippen LogP contribution is -1.95. The first-order valence-corrected chi connectivity index (χ1v) is 10.3. The van der Waals surface area contributed by atoms with Gasteiger partial charge in [0, 0.05) is 27.9 Å². The third kappa shape index (κ3) is 4.58. The van der Waals surface area contributed by atoms with E-state index >= 15 is 0 Å². The zero-order chi connectivity index (χ0) is 22.5. The number of benzene rings is 3. The molecule has 0 saturated carbocycles. The van der Waals surface area contributed by atoms with Crippen LogP contribution in [0.25, 0.3) is 23.0 Å². The number of carbonyl (C=O) groups is 1. The maximum Gasteiger partial charge on any atom is 0.185 e. The van der Waals surface area contributed by atoms with Crippen molar-refractivity contribution in [2.75, 3.05) is 14.2 Å². The molecular weight excluding hydrogens is 424 g/mol. The van der Waals surface area contributed by atoms with Gasteiger partial charge in [-0.3, -0.25) is 4.79 Å². The van der Waals surface area contributed by atoms with Crippen LogP contribution in [0.2, 0.25) is 5.02 Å². The number of carbonyl (C=O) groups excluding carboxylic acids is 1. The third-order valence-electron chi connectivity index (χ3n) is 4.96. The zero-order valence-electron chi connectivity index (χ0n) is 17.7. The molecule has 0 atom stereocenters. The fourth-order valence-electron chi connectivity index (χ4n) is 3.31. The van der Waals surface area contributed by atoms with Gasteiger partial charge in [-0.05, 0) is 66.7 Å². The van der Waals surface area contributed by atoms with Gasteiger partial charge in [0.05, 0.1) is 19.9 Å². The van der Waals surface area contributed by atoms with Gasteiger partial charge in [0.1, 0.15) is 5.69 Å². The van der Waals surface area contributed by atoms with Crippen LogP contribution in [0.15, 0.2) is 85.1 Å². The molecule has 0 radical (unpaired) electrons. The molecule has 4 aromatic rings. The number of allylic oxidation sites excluding steroid dienone is 1. The van der Waals surface area contributed by atoms with Crippen molar-refractivity contribution >= 4 is 23.5 Å². The Kier molecular flexibility index (Phi) is 6.38. The van der Waals surface area contributed by atoms with Crippen molar-refractivity contribution < 1.29 is 14.3 Å². The Bertz CT molecular complexity index is 1260. The van der Waals surface area contributed by atoms with E-state index in [1.165, 1.54) is 0 Å². The number of ketones is 1. The van der Waals surface area contributed by atoms with E-state index in [9.17, 15) is 4.79 Å². The lowest BCUT2D eigenvalue weighted by molar-refractivity contribution is 0.104. The van der Waals surface area contributed by atoms with E-state index in [1.807, 2.05) is 54.7 Å². The van der Waals surface area contributed by atoms with Crippen LogP contribution >= 0.6 is 11.6 Å². The van der Waals surface area contributed by atoms with Gasteiger partial charge >= 0.3 is 0 Å². The molecule has 1 aromatic heterocycles. The number of methoxy groups -OCH3 is 2. The monoisotopic (exact) mass is 444 g/mol. The van der Waals surface area contributed by atoms with Crippen molar-refractivity contribution in [2.45, 2.75) is 0 Å².